The molecule has 0 bridgehead atoms. The molecule has 0 radical (unpaired) electrons. The van der Waals surface area contributed by atoms with Crippen molar-refractivity contribution >= 4 is 34.7 Å². The van der Waals surface area contributed by atoms with Crippen LogP contribution in [0.15, 0.2) is 48.5 Å². The predicted octanol–water partition coefficient (Wildman–Crippen LogP) is 2.92. The molecule has 2 aliphatic heterocycles. The van der Waals surface area contributed by atoms with Crippen LogP contribution in [0, 0.1) is 5.92 Å². The summed E-state index contributed by atoms with van der Waals surface area (Å²) in [5.74, 6) is 1.30. The van der Waals surface area contributed by atoms with Gasteiger partial charge in [0, 0.05) is 50.8 Å². The smallest absolute Gasteiger partial charge is 0.253 e. The maximum absolute atomic E-state index is 14.1. The van der Waals surface area contributed by atoms with E-state index in [-0.39, 0.29) is 30.1 Å². The van der Waals surface area contributed by atoms with Crippen molar-refractivity contribution in [3.8, 4) is 11.4 Å². The van der Waals surface area contributed by atoms with E-state index in [4.69, 9.17) is 19.8 Å². The summed E-state index contributed by atoms with van der Waals surface area (Å²) >= 11 is 0. The molecule has 0 aliphatic carbocycles. The Kier molecular flexibility index (Phi) is 9.53. The average Bonchev–Trinajstić information content (AvgIpc) is 3.65. The van der Waals surface area contributed by atoms with Crippen molar-refractivity contribution in [2.75, 3.05) is 44.3 Å². The lowest BCUT2D eigenvalue weighted by molar-refractivity contribution is -0.129. The summed E-state index contributed by atoms with van der Waals surface area (Å²) in [4.78, 5) is 53.9. The van der Waals surface area contributed by atoms with Crippen LogP contribution in [0.25, 0.3) is 22.4 Å². The van der Waals surface area contributed by atoms with Crippen LogP contribution in [0.4, 0.5) is 5.95 Å². The number of benzene rings is 2. The largest absolute Gasteiger partial charge is 0.378 e. The van der Waals surface area contributed by atoms with E-state index in [1.54, 1.807) is 16.5 Å². The van der Waals surface area contributed by atoms with Crippen molar-refractivity contribution in [3.63, 3.8) is 0 Å². The number of morpholine rings is 1. The van der Waals surface area contributed by atoms with Crippen LogP contribution in [-0.4, -0.2) is 92.4 Å². The van der Waals surface area contributed by atoms with Gasteiger partial charge in [-0.3, -0.25) is 14.4 Å². The van der Waals surface area contributed by atoms with Crippen molar-refractivity contribution in [1.29, 1.82) is 0 Å². The number of aryl methyl sites for hydroxylation is 1. The number of ether oxygens (including phenoxy) is 1. The van der Waals surface area contributed by atoms with Crippen molar-refractivity contribution in [1.82, 2.24) is 39.8 Å². The minimum Gasteiger partial charge on any atom is -0.378 e. The SMILES string of the molecule is CC(C)[C@@H]1NC(=O)[C@@H](C)NC(=O)CCCN(C(=O)c2ccc3c(c2)nc(N2CCOCC2)n3C)CCn2nc(-c3ccccc3)nc21. The zero-order valence-corrected chi connectivity index (χ0v) is 27.5. The summed E-state index contributed by atoms with van der Waals surface area (Å²) in [7, 11) is 1.99. The van der Waals surface area contributed by atoms with Crippen LogP contribution in [0.3, 0.4) is 0 Å². The number of nitrogens with one attached hydrogen (secondary N) is 2. The summed E-state index contributed by atoms with van der Waals surface area (Å²) in [5.41, 5.74) is 3.07. The molecule has 0 spiro atoms. The summed E-state index contributed by atoms with van der Waals surface area (Å²) in [5, 5.41) is 10.8. The van der Waals surface area contributed by atoms with Crippen LogP contribution < -0.4 is 15.5 Å². The topological polar surface area (TPSA) is 140 Å². The molecule has 0 unspecified atom stereocenters. The van der Waals surface area contributed by atoms with Crippen molar-refractivity contribution in [2.45, 2.75) is 52.2 Å². The van der Waals surface area contributed by atoms with Gasteiger partial charge >= 0.3 is 0 Å². The van der Waals surface area contributed by atoms with E-state index in [1.165, 1.54) is 0 Å². The van der Waals surface area contributed by atoms with Gasteiger partial charge in [0.25, 0.3) is 5.91 Å². The quantitative estimate of drug-likeness (QED) is 0.347. The second-order valence-corrected chi connectivity index (χ2v) is 12.6. The third-order valence-corrected chi connectivity index (χ3v) is 8.84. The lowest BCUT2D eigenvalue weighted by Crippen LogP contribution is -2.47. The van der Waals surface area contributed by atoms with E-state index in [1.807, 2.05) is 69.4 Å². The number of amides is 3. The van der Waals surface area contributed by atoms with Gasteiger partial charge in [0.05, 0.1) is 36.8 Å². The Balaban J connectivity index is 1.33. The molecule has 2 aliphatic rings. The van der Waals surface area contributed by atoms with Crippen LogP contribution in [0.1, 0.15) is 55.8 Å². The number of carbonyl (C=O) groups is 3. The Labute approximate surface area is 274 Å². The fraction of sp³-hybridized carbons (Fsp3) is 0.471. The van der Waals surface area contributed by atoms with Crippen molar-refractivity contribution in [2.24, 2.45) is 13.0 Å². The second-order valence-electron chi connectivity index (χ2n) is 12.6. The molecule has 4 aromatic rings. The molecule has 2 N–H and O–H groups in total. The van der Waals surface area contributed by atoms with Crippen LogP contribution >= 0.6 is 0 Å². The molecule has 2 aromatic heterocycles. The molecule has 2 atom stereocenters. The van der Waals surface area contributed by atoms with Gasteiger partial charge in [-0.2, -0.15) is 5.10 Å². The highest BCUT2D eigenvalue weighted by molar-refractivity contribution is 5.98. The zero-order valence-electron chi connectivity index (χ0n) is 27.5. The van der Waals surface area contributed by atoms with E-state index in [0.29, 0.717) is 56.5 Å². The van der Waals surface area contributed by atoms with Crippen LogP contribution in [0.5, 0.6) is 0 Å². The third-order valence-electron chi connectivity index (χ3n) is 8.84. The molecule has 248 valence electrons. The van der Waals surface area contributed by atoms with Gasteiger partial charge in [-0.15, -0.1) is 0 Å². The molecule has 1 saturated heterocycles. The number of anilines is 1. The zero-order chi connectivity index (χ0) is 33.1. The molecule has 3 amide bonds. The number of hydrogen-bond acceptors (Lipinski definition) is 8. The Morgan fingerprint density at radius 2 is 1.72 bits per heavy atom. The average molecular weight is 642 g/mol. The number of nitrogens with zero attached hydrogens (tertiary/aromatic N) is 7. The van der Waals surface area contributed by atoms with Crippen molar-refractivity contribution < 1.29 is 19.1 Å². The fourth-order valence-electron chi connectivity index (χ4n) is 6.15. The lowest BCUT2D eigenvalue weighted by Gasteiger charge is -2.27. The molecular weight excluding hydrogens is 598 g/mol. The molecule has 13 nitrogen and oxygen atoms in total. The maximum Gasteiger partial charge on any atom is 0.253 e. The molecular formula is C34H43N9O4. The van der Waals surface area contributed by atoms with Gasteiger partial charge < -0.3 is 29.7 Å². The normalized spacial score (nSPS) is 20.1. The Hall–Kier alpha value is -4.78. The highest BCUT2D eigenvalue weighted by atomic mass is 16.5. The number of imidazole rings is 1. The minimum absolute atomic E-state index is 0.0217. The van der Waals surface area contributed by atoms with Crippen LogP contribution in [0.2, 0.25) is 0 Å². The van der Waals surface area contributed by atoms with E-state index >= 15 is 0 Å². The van der Waals surface area contributed by atoms with Gasteiger partial charge in [-0.1, -0.05) is 44.2 Å². The fourth-order valence-corrected chi connectivity index (χ4v) is 6.15. The highest BCUT2D eigenvalue weighted by Crippen LogP contribution is 2.26. The summed E-state index contributed by atoms with van der Waals surface area (Å²) in [6.07, 6.45) is 0.622. The van der Waals surface area contributed by atoms with Gasteiger partial charge in [0.1, 0.15) is 6.04 Å². The Bertz CT molecular complexity index is 1740. The second kappa shape index (κ2) is 13.9. The molecule has 6 rings (SSSR count). The molecule has 0 saturated carbocycles. The molecule has 2 aromatic carbocycles. The molecule has 13 heteroatoms. The first-order valence-electron chi connectivity index (χ1n) is 16.4. The van der Waals surface area contributed by atoms with E-state index in [2.05, 4.69) is 20.1 Å². The number of carbonyl (C=O) groups excluding carboxylic acids is 3. The first kappa shape index (κ1) is 32.2. The highest BCUT2D eigenvalue weighted by Gasteiger charge is 2.29. The summed E-state index contributed by atoms with van der Waals surface area (Å²) in [6, 6.07) is 14.1. The minimum atomic E-state index is -0.734. The van der Waals surface area contributed by atoms with Gasteiger partial charge in [0.15, 0.2) is 11.6 Å². The summed E-state index contributed by atoms with van der Waals surface area (Å²) < 4.78 is 9.37. The van der Waals surface area contributed by atoms with E-state index in [9.17, 15) is 14.4 Å². The Morgan fingerprint density at radius 3 is 2.47 bits per heavy atom. The number of rotatable bonds is 4. The lowest BCUT2D eigenvalue weighted by atomic mass is 10.0. The standard InChI is InChI=1S/C34H43N9O4/c1-22(2)29-31-38-30(24-9-6-5-7-10-24)39-43(31)16-15-41(14-8-11-28(44)35-23(3)32(45)37-29)33(46)25-12-13-27-26(21-25)36-34(40(27)4)42-17-19-47-20-18-42/h5-7,9-10,12-13,21-23,29H,8,11,14-20H2,1-4H3,(H,35,44)(H,37,45)/t23-,29+/m1/s1. The number of hydrogen-bond donors (Lipinski definition) is 2. The molecule has 47 heavy (non-hydrogen) atoms. The first-order valence-corrected chi connectivity index (χ1v) is 16.4. The molecule has 4 heterocycles. The van der Waals surface area contributed by atoms with E-state index < -0.39 is 12.1 Å². The van der Waals surface area contributed by atoms with Crippen molar-refractivity contribution in [3.05, 3.63) is 59.9 Å². The number of fused-ring (bicyclic) bond motifs is 2. The number of aromatic nitrogens is 5. The summed E-state index contributed by atoms with van der Waals surface area (Å²) in [6.45, 7) is 9.57. The maximum atomic E-state index is 14.1. The first-order chi connectivity index (χ1) is 22.7. The van der Waals surface area contributed by atoms with Gasteiger partial charge in [0.2, 0.25) is 17.8 Å². The van der Waals surface area contributed by atoms with Gasteiger partial charge in [-0.05, 0) is 37.5 Å². The monoisotopic (exact) mass is 641 g/mol. The molecule has 1 fully saturated rings. The Morgan fingerprint density at radius 1 is 0.957 bits per heavy atom. The predicted molar refractivity (Wildman–Crippen MR) is 178 cm³/mol. The van der Waals surface area contributed by atoms with Crippen LogP contribution in [-0.2, 0) is 27.9 Å². The van der Waals surface area contributed by atoms with Gasteiger partial charge in [-0.25, -0.2) is 14.6 Å². The third kappa shape index (κ3) is 6.99. The van der Waals surface area contributed by atoms with E-state index in [0.717, 1.165) is 35.6 Å².